The average molecular weight is 300 g/mol. The third kappa shape index (κ3) is 2.04. The highest BCUT2D eigenvalue weighted by atomic mass is 32.2. The Kier molecular flexibility index (Phi) is 2.80. The van der Waals surface area contributed by atoms with Crippen LogP contribution in [-0.4, -0.2) is 19.3 Å². The van der Waals surface area contributed by atoms with Gasteiger partial charge < -0.3 is 5.32 Å². The Bertz CT molecular complexity index is 790. The van der Waals surface area contributed by atoms with E-state index in [1.54, 1.807) is 10.4 Å². The summed E-state index contributed by atoms with van der Waals surface area (Å²) in [5.74, 6) is 0. The molecule has 0 spiro atoms. The second-order valence-corrected chi connectivity index (χ2v) is 7.48. The molecule has 2 aromatic rings. The van der Waals surface area contributed by atoms with Gasteiger partial charge in [0.1, 0.15) is 0 Å². The summed E-state index contributed by atoms with van der Waals surface area (Å²) < 4.78 is 27.2. The van der Waals surface area contributed by atoms with Crippen LogP contribution < -0.4 is 5.32 Å². The fourth-order valence-electron chi connectivity index (χ4n) is 3.06. The molecule has 0 atom stereocenters. The minimum atomic E-state index is -3.42. The molecule has 4 rings (SSSR count). The SMILES string of the molecule is O=S(=O)(c1ccc2c(c1)CCN2)N1Cc2ccccc2C1. The van der Waals surface area contributed by atoms with Gasteiger partial charge in [0, 0.05) is 25.3 Å². The van der Waals surface area contributed by atoms with Crippen molar-refractivity contribution >= 4 is 15.7 Å². The van der Waals surface area contributed by atoms with Gasteiger partial charge in [0.25, 0.3) is 0 Å². The maximum atomic E-state index is 12.8. The van der Waals surface area contributed by atoms with E-state index in [0.717, 1.165) is 35.3 Å². The fraction of sp³-hybridized carbons (Fsp3) is 0.250. The monoisotopic (exact) mass is 300 g/mol. The van der Waals surface area contributed by atoms with Crippen LogP contribution in [0.25, 0.3) is 0 Å². The molecule has 2 aliphatic rings. The number of anilines is 1. The first-order chi connectivity index (χ1) is 10.1. The van der Waals surface area contributed by atoms with E-state index in [9.17, 15) is 8.42 Å². The summed E-state index contributed by atoms with van der Waals surface area (Å²) in [6.45, 7) is 1.82. The average Bonchev–Trinajstić information content (AvgIpc) is 3.13. The first-order valence-corrected chi connectivity index (χ1v) is 8.52. The van der Waals surface area contributed by atoms with Crippen molar-refractivity contribution in [2.75, 3.05) is 11.9 Å². The molecular weight excluding hydrogens is 284 g/mol. The maximum absolute atomic E-state index is 12.8. The number of sulfonamides is 1. The van der Waals surface area contributed by atoms with Gasteiger partial charge >= 0.3 is 0 Å². The lowest BCUT2D eigenvalue weighted by Gasteiger charge is -2.16. The summed E-state index contributed by atoms with van der Waals surface area (Å²) in [6.07, 6.45) is 0.888. The van der Waals surface area contributed by atoms with Crippen LogP contribution in [0.15, 0.2) is 47.4 Å². The van der Waals surface area contributed by atoms with Gasteiger partial charge in [-0.1, -0.05) is 24.3 Å². The van der Waals surface area contributed by atoms with E-state index in [4.69, 9.17) is 0 Å². The Balaban J connectivity index is 1.69. The van der Waals surface area contributed by atoms with E-state index in [0.29, 0.717) is 18.0 Å². The van der Waals surface area contributed by atoms with Gasteiger partial charge in [0.2, 0.25) is 10.0 Å². The molecule has 21 heavy (non-hydrogen) atoms. The molecule has 2 aliphatic heterocycles. The van der Waals surface area contributed by atoms with Gasteiger partial charge in [0.05, 0.1) is 4.90 Å². The van der Waals surface area contributed by atoms with Crippen molar-refractivity contribution in [1.29, 1.82) is 0 Å². The first kappa shape index (κ1) is 12.9. The lowest BCUT2D eigenvalue weighted by atomic mass is 10.1. The topological polar surface area (TPSA) is 49.4 Å². The smallest absolute Gasteiger partial charge is 0.243 e. The predicted molar refractivity (Wildman–Crippen MR) is 81.5 cm³/mol. The van der Waals surface area contributed by atoms with Crippen molar-refractivity contribution in [3.8, 4) is 0 Å². The van der Waals surface area contributed by atoms with Crippen LogP contribution in [0.3, 0.4) is 0 Å². The van der Waals surface area contributed by atoms with Crippen LogP contribution in [-0.2, 0) is 29.5 Å². The normalized spacial score (nSPS) is 17.3. The third-order valence-corrected chi connectivity index (χ3v) is 6.02. The zero-order valence-electron chi connectivity index (χ0n) is 11.5. The van der Waals surface area contributed by atoms with E-state index >= 15 is 0 Å². The van der Waals surface area contributed by atoms with Crippen LogP contribution in [0.4, 0.5) is 5.69 Å². The molecule has 4 nitrogen and oxygen atoms in total. The molecule has 0 saturated carbocycles. The molecule has 0 amide bonds. The summed E-state index contributed by atoms with van der Waals surface area (Å²) in [7, 11) is -3.42. The minimum absolute atomic E-state index is 0.401. The standard InChI is InChI=1S/C16H16N2O2S/c19-21(20,15-5-6-16-12(9-15)7-8-17-16)18-10-13-3-1-2-4-14(13)11-18/h1-6,9,17H,7-8,10-11H2. The number of nitrogens with one attached hydrogen (secondary N) is 1. The second-order valence-electron chi connectivity index (χ2n) is 5.54. The van der Waals surface area contributed by atoms with Crippen molar-refractivity contribution in [2.45, 2.75) is 24.4 Å². The van der Waals surface area contributed by atoms with Gasteiger partial charge in [0.15, 0.2) is 0 Å². The quantitative estimate of drug-likeness (QED) is 0.926. The van der Waals surface area contributed by atoms with Crippen molar-refractivity contribution in [1.82, 2.24) is 4.31 Å². The summed E-state index contributed by atoms with van der Waals surface area (Å²) in [4.78, 5) is 0.401. The number of hydrogen-bond donors (Lipinski definition) is 1. The molecule has 5 heteroatoms. The van der Waals surface area contributed by atoms with Crippen LogP contribution in [0.2, 0.25) is 0 Å². The third-order valence-electron chi connectivity index (χ3n) is 4.24. The summed E-state index contributed by atoms with van der Waals surface area (Å²) >= 11 is 0. The minimum Gasteiger partial charge on any atom is -0.384 e. The summed E-state index contributed by atoms with van der Waals surface area (Å²) in [5.41, 5.74) is 4.35. The number of benzene rings is 2. The van der Waals surface area contributed by atoms with Gasteiger partial charge in [-0.3, -0.25) is 0 Å². The van der Waals surface area contributed by atoms with E-state index < -0.39 is 10.0 Å². The molecule has 1 N–H and O–H groups in total. The Morgan fingerprint density at radius 3 is 2.38 bits per heavy atom. The van der Waals surface area contributed by atoms with Crippen molar-refractivity contribution < 1.29 is 8.42 Å². The molecule has 0 bridgehead atoms. The summed E-state index contributed by atoms with van der Waals surface area (Å²) in [5, 5.41) is 3.25. The molecule has 0 radical (unpaired) electrons. The Hall–Kier alpha value is -1.85. The maximum Gasteiger partial charge on any atom is 0.243 e. The zero-order valence-corrected chi connectivity index (χ0v) is 12.4. The Morgan fingerprint density at radius 2 is 1.67 bits per heavy atom. The molecule has 0 aromatic heterocycles. The van der Waals surface area contributed by atoms with Gasteiger partial charge in [-0.05, 0) is 41.3 Å². The molecule has 0 saturated heterocycles. The molecule has 108 valence electrons. The second kappa shape index (κ2) is 4.58. The van der Waals surface area contributed by atoms with Crippen molar-refractivity contribution in [3.63, 3.8) is 0 Å². The summed E-state index contributed by atoms with van der Waals surface area (Å²) in [6, 6.07) is 13.3. The highest BCUT2D eigenvalue weighted by Gasteiger charge is 2.30. The molecule has 2 heterocycles. The van der Waals surface area contributed by atoms with E-state index in [1.165, 1.54) is 0 Å². The van der Waals surface area contributed by atoms with Gasteiger partial charge in [-0.2, -0.15) is 4.31 Å². The highest BCUT2D eigenvalue weighted by molar-refractivity contribution is 7.89. The van der Waals surface area contributed by atoms with E-state index in [1.807, 2.05) is 36.4 Å². The lowest BCUT2D eigenvalue weighted by Crippen LogP contribution is -2.25. The van der Waals surface area contributed by atoms with E-state index in [2.05, 4.69) is 5.32 Å². The number of nitrogens with zero attached hydrogens (tertiary/aromatic N) is 1. The number of rotatable bonds is 2. The predicted octanol–water partition coefficient (Wildman–Crippen LogP) is 2.36. The molecule has 2 aromatic carbocycles. The highest BCUT2D eigenvalue weighted by Crippen LogP contribution is 2.31. The number of fused-ring (bicyclic) bond motifs is 2. The fourth-order valence-corrected chi connectivity index (χ4v) is 4.51. The van der Waals surface area contributed by atoms with Gasteiger partial charge in [-0.15, -0.1) is 0 Å². The first-order valence-electron chi connectivity index (χ1n) is 7.08. The Labute approximate surface area is 124 Å². The number of hydrogen-bond acceptors (Lipinski definition) is 3. The van der Waals surface area contributed by atoms with Crippen LogP contribution in [0, 0.1) is 0 Å². The largest absolute Gasteiger partial charge is 0.384 e. The van der Waals surface area contributed by atoms with Crippen molar-refractivity contribution in [2.24, 2.45) is 0 Å². The van der Waals surface area contributed by atoms with Crippen LogP contribution in [0.1, 0.15) is 16.7 Å². The van der Waals surface area contributed by atoms with Crippen LogP contribution in [0.5, 0.6) is 0 Å². The van der Waals surface area contributed by atoms with Crippen LogP contribution >= 0.6 is 0 Å². The van der Waals surface area contributed by atoms with Gasteiger partial charge in [-0.25, -0.2) is 8.42 Å². The van der Waals surface area contributed by atoms with Crippen molar-refractivity contribution in [3.05, 3.63) is 59.2 Å². The molecule has 0 aliphatic carbocycles. The molecular formula is C16H16N2O2S. The van der Waals surface area contributed by atoms with E-state index in [-0.39, 0.29) is 0 Å². The molecule has 0 fully saturated rings. The Morgan fingerprint density at radius 1 is 0.952 bits per heavy atom. The molecule has 0 unspecified atom stereocenters. The zero-order chi connectivity index (χ0) is 14.4. The lowest BCUT2D eigenvalue weighted by molar-refractivity contribution is 0.431.